The fraction of sp³-hybridized carbons (Fsp3) is 0.286. The average molecular weight is 315 g/mol. The van der Waals surface area contributed by atoms with E-state index in [-0.39, 0.29) is 6.79 Å². The number of ether oxygens (including phenoxy) is 3. The van der Waals surface area contributed by atoms with Crippen molar-refractivity contribution >= 4 is 11.9 Å². The second-order valence-electron chi connectivity index (χ2n) is 5.12. The molecule has 0 saturated heterocycles. The van der Waals surface area contributed by atoms with Gasteiger partial charge in [0, 0.05) is 5.70 Å². The Morgan fingerprint density at radius 1 is 1.39 bits per heavy atom. The van der Waals surface area contributed by atoms with Gasteiger partial charge in [0.25, 0.3) is 0 Å². The molecule has 0 aliphatic carbocycles. The van der Waals surface area contributed by atoms with Crippen LogP contribution in [0.5, 0.6) is 11.5 Å². The maximum absolute atomic E-state index is 12.3. The van der Waals surface area contributed by atoms with E-state index in [9.17, 15) is 4.79 Å². The lowest BCUT2D eigenvalue weighted by atomic mass is 9.95. The minimum absolute atomic E-state index is 0.180. The highest BCUT2D eigenvalue weighted by molar-refractivity contribution is 5.92. The van der Waals surface area contributed by atoms with Gasteiger partial charge in [0.1, 0.15) is 6.04 Å². The third-order valence-electron chi connectivity index (χ3n) is 3.83. The molecule has 4 rings (SSSR count). The van der Waals surface area contributed by atoms with Crippen molar-refractivity contribution in [1.82, 2.24) is 20.2 Å². The molecule has 0 bridgehead atoms. The highest BCUT2D eigenvalue weighted by Gasteiger charge is 2.35. The summed E-state index contributed by atoms with van der Waals surface area (Å²) in [5, 5.41) is 14.6. The summed E-state index contributed by atoms with van der Waals surface area (Å²) < 4.78 is 17.2. The molecule has 1 aromatic heterocycles. The van der Waals surface area contributed by atoms with Crippen LogP contribution < -0.4 is 14.8 Å². The van der Waals surface area contributed by atoms with Gasteiger partial charge in [-0.25, -0.2) is 4.79 Å². The lowest BCUT2D eigenvalue weighted by Gasteiger charge is -2.27. The number of benzene rings is 1. The topological polar surface area (TPSA) is 100 Å². The van der Waals surface area contributed by atoms with Gasteiger partial charge in [0.2, 0.25) is 12.7 Å². The first-order chi connectivity index (χ1) is 11.2. The first kappa shape index (κ1) is 13.6. The zero-order chi connectivity index (χ0) is 16.0. The normalized spacial score (nSPS) is 18.4. The summed E-state index contributed by atoms with van der Waals surface area (Å²) in [6, 6.07) is 4.96. The van der Waals surface area contributed by atoms with Crippen LogP contribution in [-0.4, -0.2) is 40.1 Å². The molecule has 3 heterocycles. The molecule has 2 aliphatic heterocycles. The van der Waals surface area contributed by atoms with E-state index >= 15 is 0 Å². The molecule has 0 spiro atoms. The van der Waals surface area contributed by atoms with Crippen molar-refractivity contribution in [2.75, 3.05) is 19.2 Å². The Bertz CT molecular complexity index is 828. The number of hydrogen-bond donors (Lipinski definition) is 1. The number of aromatic nitrogens is 4. The summed E-state index contributed by atoms with van der Waals surface area (Å²) in [6.45, 7) is 1.96. The maximum atomic E-state index is 12.3. The minimum atomic E-state index is -0.511. The van der Waals surface area contributed by atoms with Gasteiger partial charge in [-0.1, -0.05) is 11.2 Å². The molecule has 1 N–H and O–H groups in total. The molecule has 1 aromatic carbocycles. The van der Waals surface area contributed by atoms with Crippen molar-refractivity contribution in [3.63, 3.8) is 0 Å². The summed E-state index contributed by atoms with van der Waals surface area (Å²) in [5.74, 6) is 1.30. The molecule has 0 radical (unpaired) electrons. The number of anilines is 1. The van der Waals surface area contributed by atoms with Gasteiger partial charge < -0.3 is 19.5 Å². The van der Waals surface area contributed by atoms with Gasteiger partial charge in [-0.2, -0.15) is 4.68 Å². The fourth-order valence-corrected chi connectivity index (χ4v) is 2.78. The van der Waals surface area contributed by atoms with E-state index in [1.807, 2.05) is 12.1 Å². The van der Waals surface area contributed by atoms with Crippen LogP contribution in [0.25, 0.3) is 0 Å². The zero-order valence-electron chi connectivity index (χ0n) is 12.4. The molecule has 1 unspecified atom stereocenters. The Labute approximate surface area is 130 Å². The first-order valence-corrected chi connectivity index (χ1v) is 6.92. The van der Waals surface area contributed by atoms with Crippen LogP contribution in [0, 0.1) is 0 Å². The van der Waals surface area contributed by atoms with Crippen LogP contribution in [0.2, 0.25) is 0 Å². The molecule has 2 aromatic rings. The van der Waals surface area contributed by atoms with Gasteiger partial charge in [0.05, 0.1) is 12.7 Å². The van der Waals surface area contributed by atoms with E-state index in [0.29, 0.717) is 28.7 Å². The highest BCUT2D eigenvalue weighted by Crippen LogP contribution is 2.39. The second-order valence-corrected chi connectivity index (χ2v) is 5.12. The van der Waals surface area contributed by atoms with Gasteiger partial charge in [-0.15, -0.1) is 0 Å². The Morgan fingerprint density at radius 2 is 2.22 bits per heavy atom. The molecule has 9 nitrogen and oxygen atoms in total. The van der Waals surface area contributed by atoms with Crippen LogP contribution in [0.4, 0.5) is 5.95 Å². The molecule has 0 saturated carbocycles. The molecule has 0 fully saturated rings. The highest BCUT2D eigenvalue weighted by atomic mass is 16.7. The number of carbonyl (C=O) groups is 1. The van der Waals surface area contributed by atoms with Crippen LogP contribution in [0.1, 0.15) is 18.5 Å². The van der Waals surface area contributed by atoms with Gasteiger partial charge in [-0.05, 0) is 35.0 Å². The maximum Gasteiger partial charge on any atom is 0.338 e. The number of rotatable bonds is 2. The molecule has 9 heteroatoms. The predicted molar refractivity (Wildman–Crippen MR) is 76.9 cm³/mol. The number of methoxy groups -OCH3 is 1. The first-order valence-electron chi connectivity index (χ1n) is 6.92. The SMILES string of the molecule is COC(=O)C1=C(C)Nc2nnnn2C1c1ccc2c(c1)OCO2. The van der Waals surface area contributed by atoms with Gasteiger partial charge in [-0.3, -0.25) is 0 Å². The van der Waals surface area contributed by atoms with Crippen molar-refractivity contribution in [2.45, 2.75) is 13.0 Å². The van der Waals surface area contributed by atoms with E-state index in [4.69, 9.17) is 14.2 Å². The Morgan fingerprint density at radius 3 is 3.04 bits per heavy atom. The van der Waals surface area contributed by atoms with E-state index in [2.05, 4.69) is 20.8 Å². The third kappa shape index (κ3) is 2.00. The summed E-state index contributed by atoms with van der Waals surface area (Å²) in [7, 11) is 1.34. The number of allylic oxidation sites excluding steroid dienone is 1. The average Bonchev–Trinajstić information content (AvgIpc) is 3.20. The lowest BCUT2D eigenvalue weighted by molar-refractivity contribution is -0.136. The predicted octanol–water partition coefficient (Wildman–Crippen LogP) is 0.864. The van der Waals surface area contributed by atoms with E-state index < -0.39 is 12.0 Å². The van der Waals surface area contributed by atoms with Crippen LogP contribution in [0.3, 0.4) is 0 Å². The van der Waals surface area contributed by atoms with Crippen LogP contribution in [0.15, 0.2) is 29.5 Å². The number of fused-ring (bicyclic) bond motifs is 2. The summed E-state index contributed by atoms with van der Waals surface area (Å²) >= 11 is 0. The monoisotopic (exact) mass is 315 g/mol. The van der Waals surface area contributed by atoms with Crippen molar-refractivity contribution in [3.8, 4) is 11.5 Å². The Balaban J connectivity index is 1.88. The zero-order valence-corrected chi connectivity index (χ0v) is 12.4. The number of nitrogens with one attached hydrogen (secondary N) is 1. The van der Waals surface area contributed by atoms with E-state index in [1.54, 1.807) is 13.0 Å². The van der Waals surface area contributed by atoms with Crippen molar-refractivity contribution in [2.24, 2.45) is 0 Å². The molecule has 1 atom stereocenters. The molecular weight excluding hydrogens is 302 g/mol. The summed E-state index contributed by atoms with van der Waals surface area (Å²) in [5.41, 5.74) is 1.87. The van der Waals surface area contributed by atoms with Gasteiger partial charge in [0.15, 0.2) is 11.5 Å². The van der Waals surface area contributed by atoms with E-state index in [0.717, 1.165) is 5.56 Å². The number of nitrogens with zero attached hydrogens (tertiary/aromatic N) is 4. The summed E-state index contributed by atoms with van der Waals surface area (Å²) in [6.07, 6.45) is 0. The van der Waals surface area contributed by atoms with Crippen LogP contribution in [-0.2, 0) is 9.53 Å². The fourth-order valence-electron chi connectivity index (χ4n) is 2.78. The lowest BCUT2D eigenvalue weighted by Crippen LogP contribution is -2.29. The van der Waals surface area contributed by atoms with E-state index in [1.165, 1.54) is 11.8 Å². The molecule has 118 valence electrons. The number of carbonyl (C=O) groups excluding carboxylic acids is 1. The molecule has 0 amide bonds. The smallest absolute Gasteiger partial charge is 0.338 e. The van der Waals surface area contributed by atoms with Crippen molar-refractivity contribution in [3.05, 3.63) is 35.0 Å². The minimum Gasteiger partial charge on any atom is -0.466 e. The Kier molecular flexibility index (Phi) is 2.93. The number of tetrazole rings is 1. The molecular formula is C14H13N5O4. The number of esters is 1. The quantitative estimate of drug-likeness (QED) is 0.815. The van der Waals surface area contributed by atoms with Crippen LogP contribution >= 0.6 is 0 Å². The van der Waals surface area contributed by atoms with Crippen molar-refractivity contribution < 1.29 is 19.0 Å². The largest absolute Gasteiger partial charge is 0.466 e. The summed E-state index contributed by atoms with van der Waals surface area (Å²) in [4.78, 5) is 12.3. The molecule has 23 heavy (non-hydrogen) atoms. The third-order valence-corrected chi connectivity index (χ3v) is 3.83. The number of hydrogen-bond acceptors (Lipinski definition) is 8. The standard InChI is InChI=1S/C14H13N5O4/c1-7-11(13(20)21-2)12(19-14(15-7)16-17-18-19)8-3-4-9-10(5-8)23-6-22-9/h3-5,12H,6H2,1-2H3,(H,15,16,18). The van der Waals surface area contributed by atoms with Crippen molar-refractivity contribution in [1.29, 1.82) is 0 Å². The van der Waals surface area contributed by atoms with Gasteiger partial charge >= 0.3 is 5.97 Å². The second kappa shape index (κ2) is 4.97. The Hall–Kier alpha value is -3.10. The molecule has 2 aliphatic rings.